The zero-order valence-corrected chi connectivity index (χ0v) is 11.1. The van der Waals surface area contributed by atoms with Gasteiger partial charge in [0.2, 0.25) is 0 Å². The van der Waals surface area contributed by atoms with Gasteiger partial charge in [0.25, 0.3) is 0 Å². The van der Waals surface area contributed by atoms with Gasteiger partial charge < -0.3 is 10.1 Å². The number of ether oxygens (including phenoxy) is 1. The van der Waals surface area contributed by atoms with Crippen molar-refractivity contribution in [2.45, 2.75) is 44.6 Å². The summed E-state index contributed by atoms with van der Waals surface area (Å²) in [6.45, 7) is 5.60. The molecule has 94 valence electrons. The average Bonchev–Trinajstić information content (AvgIpc) is 2.73. The molecule has 0 radical (unpaired) electrons. The molecule has 1 aromatic carbocycles. The molecule has 0 bridgehead atoms. The number of hydrogen-bond acceptors (Lipinski definition) is 2. The van der Waals surface area contributed by atoms with Gasteiger partial charge >= 0.3 is 0 Å². The van der Waals surface area contributed by atoms with Gasteiger partial charge in [0.1, 0.15) is 5.75 Å². The molecule has 1 N–H and O–H groups in total. The van der Waals surface area contributed by atoms with Gasteiger partial charge in [-0.25, -0.2) is 0 Å². The third kappa shape index (κ3) is 2.47. The van der Waals surface area contributed by atoms with Gasteiger partial charge in [0.05, 0.1) is 7.11 Å². The second kappa shape index (κ2) is 5.09. The van der Waals surface area contributed by atoms with Crippen LogP contribution in [-0.2, 0) is 5.41 Å². The molecule has 0 aromatic heterocycles. The van der Waals surface area contributed by atoms with Gasteiger partial charge in [-0.15, -0.1) is 0 Å². The van der Waals surface area contributed by atoms with Crippen LogP contribution in [0.15, 0.2) is 24.3 Å². The third-order valence-corrected chi connectivity index (χ3v) is 3.99. The predicted molar refractivity (Wildman–Crippen MR) is 71.7 cm³/mol. The second-order valence-electron chi connectivity index (χ2n) is 5.26. The van der Waals surface area contributed by atoms with Crippen LogP contribution in [0.4, 0.5) is 0 Å². The van der Waals surface area contributed by atoms with E-state index in [1.165, 1.54) is 24.8 Å². The van der Waals surface area contributed by atoms with Crippen LogP contribution in [0.3, 0.4) is 0 Å². The smallest absolute Gasteiger partial charge is 0.122 e. The maximum Gasteiger partial charge on any atom is 0.122 e. The van der Waals surface area contributed by atoms with Gasteiger partial charge in [-0.2, -0.15) is 0 Å². The molecule has 2 nitrogen and oxygen atoms in total. The monoisotopic (exact) mass is 233 g/mol. The highest BCUT2D eigenvalue weighted by atomic mass is 16.5. The topological polar surface area (TPSA) is 21.3 Å². The zero-order valence-electron chi connectivity index (χ0n) is 11.1. The molecular formula is C15H23NO. The van der Waals surface area contributed by atoms with E-state index < -0.39 is 0 Å². The molecule has 0 saturated heterocycles. The Morgan fingerprint density at radius 2 is 2.18 bits per heavy atom. The first-order valence-electron chi connectivity index (χ1n) is 6.56. The van der Waals surface area contributed by atoms with Crippen LogP contribution in [0.25, 0.3) is 0 Å². The fourth-order valence-electron chi connectivity index (χ4n) is 3.09. The fourth-order valence-corrected chi connectivity index (χ4v) is 3.09. The van der Waals surface area contributed by atoms with Crippen molar-refractivity contribution in [3.05, 3.63) is 29.8 Å². The molecule has 1 fully saturated rings. The number of nitrogens with one attached hydrogen (secondary N) is 1. The normalized spacial score (nSPS) is 28.3. The van der Waals surface area contributed by atoms with Crippen molar-refractivity contribution in [2.24, 2.45) is 0 Å². The molecule has 0 heterocycles. The summed E-state index contributed by atoms with van der Waals surface area (Å²) < 4.78 is 5.50. The quantitative estimate of drug-likeness (QED) is 0.862. The highest BCUT2D eigenvalue weighted by Crippen LogP contribution is 2.44. The Kier molecular flexibility index (Phi) is 3.72. The molecule has 2 heteroatoms. The second-order valence-corrected chi connectivity index (χ2v) is 5.26. The molecule has 1 aliphatic carbocycles. The first-order chi connectivity index (χ1) is 8.19. The van der Waals surface area contributed by atoms with E-state index in [1.807, 2.05) is 6.07 Å². The van der Waals surface area contributed by atoms with E-state index in [0.717, 1.165) is 12.3 Å². The summed E-state index contributed by atoms with van der Waals surface area (Å²) in [6.07, 6.45) is 3.72. The van der Waals surface area contributed by atoms with Crippen molar-refractivity contribution in [1.82, 2.24) is 5.32 Å². The van der Waals surface area contributed by atoms with Crippen molar-refractivity contribution in [2.75, 3.05) is 13.7 Å². The Morgan fingerprint density at radius 3 is 2.88 bits per heavy atom. The molecule has 2 unspecified atom stereocenters. The molecule has 0 aliphatic heterocycles. The van der Waals surface area contributed by atoms with E-state index in [1.54, 1.807) is 7.11 Å². The molecule has 1 saturated carbocycles. The first-order valence-corrected chi connectivity index (χ1v) is 6.56. The summed E-state index contributed by atoms with van der Waals surface area (Å²) in [5.41, 5.74) is 1.63. The minimum Gasteiger partial charge on any atom is -0.496 e. The Morgan fingerprint density at radius 1 is 1.41 bits per heavy atom. The maximum absolute atomic E-state index is 5.50. The van der Waals surface area contributed by atoms with Crippen molar-refractivity contribution in [1.29, 1.82) is 0 Å². The summed E-state index contributed by atoms with van der Waals surface area (Å²) in [7, 11) is 1.76. The van der Waals surface area contributed by atoms with Crippen molar-refractivity contribution in [3.63, 3.8) is 0 Å². The summed E-state index contributed by atoms with van der Waals surface area (Å²) in [6, 6.07) is 9.11. The molecule has 1 aromatic rings. The van der Waals surface area contributed by atoms with E-state index in [4.69, 9.17) is 4.74 Å². The molecule has 17 heavy (non-hydrogen) atoms. The SMILES string of the molecule is CCNC1CCC(C)(c2ccccc2OC)C1. The molecule has 2 rings (SSSR count). The van der Waals surface area contributed by atoms with Crippen LogP contribution in [0, 0.1) is 0 Å². The molecule has 0 amide bonds. The lowest BCUT2D eigenvalue weighted by Crippen LogP contribution is -2.28. The number of methoxy groups -OCH3 is 1. The molecular weight excluding hydrogens is 210 g/mol. The number of hydrogen-bond donors (Lipinski definition) is 1. The van der Waals surface area contributed by atoms with Crippen molar-refractivity contribution in [3.8, 4) is 5.75 Å². The van der Waals surface area contributed by atoms with Crippen LogP contribution < -0.4 is 10.1 Å². The van der Waals surface area contributed by atoms with Crippen LogP contribution in [0.2, 0.25) is 0 Å². The Balaban J connectivity index is 2.21. The number of rotatable bonds is 4. The summed E-state index contributed by atoms with van der Waals surface area (Å²) in [5, 5.41) is 3.57. The van der Waals surface area contributed by atoms with E-state index in [-0.39, 0.29) is 5.41 Å². The van der Waals surface area contributed by atoms with Gasteiger partial charge in [0.15, 0.2) is 0 Å². The number of para-hydroxylation sites is 1. The standard InChI is InChI=1S/C15H23NO/c1-4-16-12-9-10-15(2,11-12)13-7-5-6-8-14(13)17-3/h5-8,12,16H,4,9-11H2,1-3H3. The van der Waals surface area contributed by atoms with E-state index in [0.29, 0.717) is 6.04 Å². The lowest BCUT2D eigenvalue weighted by atomic mass is 9.80. The van der Waals surface area contributed by atoms with Crippen LogP contribution in [-0.4, -0.2) is 19.7 Å². The fraction of sp³-hybridized carbons (Fsp3) is 0.600. The van der Waals surface area contributed by atoms with Gasteiger partial charge in [0, 0.05) is 11.6 Å². The minimum atomic E-state index is 0.263. The average molecular weight is 233 g/mol. The highest BCUT2D eigenvalue weighted by Gasteiger charge is 2.37. The number of benzene rings is 1. The van der Waals surface area contributed by atoms with Crippen molar-refractivity contribution >= 4 is 0 Å². The largest absolute Gasteiger partial charge is 0.496 e. The van der Waals surface area contributed by atoms with Gasteiger partial charge in [-0.1, -0.05) is 32.0 Å². The van der Waals surface area contributed by atoms with Crippen molar-refractivity contribution < 1.29 is 4.74 Å². The lowest BCUT2D eigenvalue weighted by molar-refractivity contribution is 0.382. The molecule has 1 aliphatic rings. The molecule has 0 spiro atoms. The maximum atomic E-state index is 5.50. The summed E-state index contributed by atoms with van der Waals surface area (Å²) >= 11 is 0. The van der Waals surface area contributed by atoms with Gasteiger partial charge in [-0.05, 0) is 37.3 Å². The Bertz CT molecular complexity index is 377. The predicted octanol–water partition coefficient (Wildman–Crippen LogP) is 3.11. The lowest BCUT2D eigenvalue weighted by Gasteiger charge is -2.27. The van der Waals surface area contributed by atoms with Crippen LogP contribution in [0.1, 0.15) is 38.7 Å². The summed E-state index contributed by atoms with van der Waals surface area (Å²) in [5.74, 6) is 1.03. The Hall–Kier alpha value is -1.02. The first kappa shape index (κ1) is 12.4. The summed E-state index contributed by atoms with van der Waals surface area (Å²) in [4.78, 5) is 0. The van der Waals surface area contributed by atoms with E-state index in [2.05, 4.69) is 37.4 Å². The Labute approximate surface area is 104 Å². The van der Waals surface area contributed by atoms with E-state index >= 15 is 0 Å². The third-order valence-electron chi connectivity index (χ3n) is 3.99. The van der Waals surface area contributed by atoms with E-state index in [9.17, 15) is 0 Å². The molecule has 2 atom stereocenters. The van der Waals surface area contributed by atoms with Crippen LogP contribution >= 0.6 is 0 Å². The highest BCUT2D eigenvalue weighted by molar-refractivity contribution is 5.40. The minimum absolute atomic E-state index is 0.263. The van der Waals surface area contributed by atoms with Crippen LogP contribution in [0.5, 0.6) is 5.75 Å². The zero-order chi connectivity index (χ0) is 12.3. The van der Waals surface area contributed by atoms with Gasteiger partial charge in [-0.3, -0.25) is 0 Å².